The van der Waals surface area contributed by atoms with Crippen LogP contribution in [0.5, 0.6) is 0 Å². The zero-order valence-corrected chi connectivity index (χ0v) is 15.6. The van der Waals surface area contributed by atoms with E-state index in [0.717, 1.165) is 29.4 Å². The fourth-order valence-electron chi connectivity index (χ4n) is 3.39. The molecule has 0 atom stereocenters. The van der Waals surface area contributed by atoms with Gasteiger partial charge in [-0.15, -0.1) is 0 Å². The Hall–Kier alpha value is -2.86. The molecule has 0 saturated heterocycles. The number of carbonyl (C=O) groups excluding carboxylic acids is 1. The van der Waals surface area contributed by atoms with E-state index in [1.807, 2.05) is 24.3 Å². The molecule has 2 aromatic heterocycles. The van der Waals surface area contributed by atoms with Crippen molar-refractivity contribution in [3.63, 3.8) is 0 Å². The Morgan fingerprint density at radius 3 is 2.96 bits per heavy atom. The first-order valence-corrected chi connectivity index (χ1v) is 9.08. The molecular formula is C20H19ClN4O2. The van der Waals surface area contributed by atoms with Crippen LogP contribution < -0.4 is 5.73 Å². The maximum absolute atomic E-state index is 10.3. The Morgan fingerprint density at radius 2 is 2.22 bits per heavy atom. The summed E-state index contributed by atoms with van der Waals surface area (Å²) in [7, 11) is 0. The number of benzene rings is 1. The van der Waals surface area contributed by atoms with Gasteiger partial charge in [-0.2, -0.15) is 0 Å². The van der Waals surface area contributed by atoms with Gasteiger partial charge in [0, 0.05) is 39.1 Å². The molecule has 0 bridgehead atoms. The highest BCUT2D eigenvalue weighted by Crippen LogP contribution is 2.50. The molecule has 0 amide bonds. The van der Waals surface area contributed by atoms with Crippen LogP contribution in [-0.4, -0.2) is 22.3 Å². The summed E-state index contributed by atoms with van der Waals surface area (Å²) in [5.41, 5.74) is 10.8. The number of pyridine rings is 1. The third-order valence-electron chi connectivity index (χ3n) is 5.09. The van der Waals surface area contributed by atoms with E-state index in [4.69, 9.17) is 17.3 Å². The molecular weight excluding hydrogens is 364 g/mol. The van der Waals surface area contributed by atoms with Crippen molar-refractivity contribution in [1.29, 1.82) is 0 Å². The van der Waals surface area contributed by atoms with Crippen molar-refractivity contribution in [2.45, 2.75) is 31.6 Å². The molecule has 1 fully saturated rings. The number of halogens is 1. The van der Waals surface area contributed by atoms with Gasteiger partial charge in [0.15, 0.2) is 5.84 Å². The van der Waals surface area contributed by atoms with Crippen LogP contribution in [-0.2, 0) is 21.5 Å². The Bertz CT molecular complexity index is 1050. The molecule has 6 nitrogen and oxygen atoms in total. The Labute approximate surface area is 161 Å². The summed E-state index contributed by atoms with van der Waals surface area (Å²) in [6.07, 6.45) is 2.98. The third-order valence-corrected chi connectivity index (χ3v) is 5.33. The molecule has 1 saturated carbocycles. The minimum atomic E-state index is 0.0593. The lowest BCUT2D eigenvalue weighted by Gasteiger charge is -2.11. The minimum absolute atomic E-state index is 0.0593. The molecule has 27 heavy (non-hydrogen) atoms. The lowest BCUT2D eigenvalue weighted by atomic mass is 9.96. The number of amidine groups is 1. The van der Waals surface area contributed by atoms with E-state index < -0.39 is 0 Å². The van der Waals surface area contributed by atoms with Crippen molar-refractivity contribution < 1.29 is 9.63 Å². The highest BCUT2D eigenvalue weighted by Gasteiger charge is 2.42. The average molecular weight is 383 g/mol. The smallest absolute Gasteiger partial charge is 0.323 e. The number of nitrogens with zero attached hydrogens (tertiary/aromatic N) is 2. The largest absolute Gasteiger partial charge is 0.379 e. The number of aromatic amines is 1. The van der Waals surface area contributed by atoms with Gasteiger partial charge >= 0.3 is 6.47 Å². The number of hydrogen-bond acceptors (Lipinski definition) is 4. The first-order chi connectivity index (χ1) is 13.0. The number of fused-ring (bicyclic) bond motifs is 1. The molecule has 1 aliphatic carbocycles. The highest BCUT2D eigenvalue weighted by molar-refractivity contribution is 6.31. The van der Waals surface area contributed by atoms with E-state index >= 15 is 0 Å². The summed E-state index contributed by atoms with van der Waals surface area (Å²) in [6.45, 7) is 2.49. The Balaban J connectivity index is 1.74. The summed E-state index contributed by atoms with van der Waals surface area (Å²) in [4.78, 5) is 22.8. The topological polar surface area (TPSA) is 93.4 Å². The number of H-pyrrole nitrogens is 1. The van der Waals surface area contributed by atoms with Crippen LogP contribution in [0.25, 0.3) is 10.9 Å². The maximum Gasteiger partial charge on any atom is 0.323 e. The first kappa shape index (κ1) is 17.5. The van der Waals surface area contributed by atoms with E-state index in [1.165, 1.54) is 11.3 Å². The second-order valence-electron chi connectivity index (χ2n) is 7.10. The van der Waals surface area contributed by atoms with Gasteiger partial charge in [-0.1, -0.05) is 35.8 Å². The number of oxime groups is 1. The third kappa shape index (κ3) is 3.40. The standard InChI is InChI=1S/C20H19ClN4O2/c1-20(7-8-20)18-15(14-6-5-12(21)9-17(14)24-18)10-13-3-2-4-16(23-13)19(22)25-27-11-26/h2-6,9,11,24H,7-8,10H2,1H3,(H2,22,25). The summed E-state index contributed by atoms with van der Waals surface area (Å²) in [6, 6.07) is 11.5. The number of carbonyl (C=O) groups is 1. The van der Waals surface area contributed by atoms with Crippen molar-refractivity contribution in [3.05, 3.63) is 64.1 Å². The van der Waals surface area contributed by atoms with E-state index in [2.05, 4.69) is 33.0 Å². The number of nitrogens with one attached hydrogen (secondary N) is 1. The zero-order chi connectivity index (χ0) is 19.0. The molecule has 0 radical (unpaired) electrons. The summed E-state index contributed by atoms with van der Waals surface area (Å²) >= 11 is 6.17. The van der Waals surface area contributed by atoms with Gasteiger partial charge in [0.25, 0.3) is 0 Å². The van der Waals surface area contributed by atoms with Crippen molar-refractivity contribution in [2.24, 2.45) is 10.9 Å². The minimum Gasteiger partial charge on any atom is -0.379 e. The molecule has 0 unspecified atom stereocenters. The molecule has 1 aliphatic rings. The molecule has 2 heterocycles. The van der Waals surface area contributed by atoms with Crippen LogP contribution in [0, 0.1) is 0 Å². The van der Waals surface area contributed by atoms with Gasteiger partial charge in [0.1, 0.15) is 5.69 Å². The Kier molecular flexibility index (Phi) is 4.36. The van der Waals surface area contributed by atoms with E-state index in [9.17, 15) is 4.79 Å². The van der Waals surface area contributed by atoms with E-state index in [0.29, 0.717) is 17.1 Å². The number of aromatic nitrogens is 2. The van der Waals surface area contributed by atoms with Gasteiger partial charge in [0.2, 0.25) is 0 Å². The van der Waals surface area contributed by atoms with Crippen molar-refractivity contribution in [3.8, 4) is 0 Å². The van der Waals surface area contributed by atoms with Crippen molar-refractivity contribution >= 4 is 34.8 Å². The van der Waals surface area contributed by atoms with Crippen molar-refractivity contribution in [1.82, 2.24) is 9.97 Å². The monoisotopic (exact) mass is 382 g/mol. The second kappa shape index (κ2) is 6.70. The van der Waals surface area contributed by atoms with Gasteiger partial charge in [-0.3, -0.25) is 4.79 Å². The highest BCUT2D eigenvalue weighted by atomic mass is 35.5. The molecule has 3 aromatic rings. The molecule has 3 N–H and O–H groups in total. The zero-order valence-electron chi connectivity index (χ0n) is 14.8. The van der Waals surface area contributed by atoms with Crippen LogP contribution in [0.15, 0.2) is 41.6 Å². The van der Waals surface area contributed by atoms with E-state index in [1.54, 1.807) is 6.07 Å². The molecule has 1 aromatic carbocycles. The predicted octanol–water partition coefficient (Wildman–Crippen LogP) is 3.65. The maximum atomic E-state index is 10.3. The summed E-state index contributed by atoms with van der Waals surface area (Å²) < 4.78 is 0. The van der Waals surface area contributed by atoms with Gasteiger partial charge in [-0.25, -0.2) is 4.98 Å². The number of nitrogens with two attached hydrogens (primary N) is 1. The normalized spacial score (nSPS) is 15.7. The van der Waals surface area contributed by atoms with Crippen LogP contribution in [0.1, 0.15) is 42.4 Å². The first-order valence-electron chi connectivity index (χ1n) is 8.70. The van der Waals surface area contributed by atoms with Gasteiger partial charge in [0.05, 0.1) is 0 Å². The summed E-state index contributed by atoms with van der Waals surface area (Å²) in [5, 5.41) is 5.38. The number of hydrogen-bond donors (Lipinski definition) is 2. The average Bonchev–Trinajstić information content (AvgIpc) is 3.31. The molecule has 0 spiro atoms. The van der Waals surface area contributed by atoms with E-state index in [-0.39, 0.29) is 17.7 Å². The predicted molar refractivity (Wildman–Crippen MR) is 105 cm³/mol. The number of rotatable bonds is 6. The second-order valence-corrected chi connectivity index (χ2v) is 7.53. The molecule has 138 valence electrons. The van der Waals surface area contributed by atoms with Crippen LogP contribution in [0.2, 0.25) is 5.02 Å². The fraction of sp³-hybridized carbons (Fsp3) is 0.250. The van der Waals surface area contributed by atoms with Crippen LogP contribution in [0.4, 0.5) is 0 Å². The fourth-order valence-corrected chi connectivity index (χ4v) is 3.56. The SMILES string of the molecule is CC1(c2[nH]c3cc(Cl)ccc3c2Cc2cccc(/C(N)=N/OC=O)n2)CC1. The lowest BCUT2D eigenvalue weighted by Crippen LogP contribution is -2.16. The molecule has 0 aliphatic heterocycles. The van der Waals surface area contributed by atoms with Crippen molar-refractivity contribution in [2.75, 3.05) is 0 Å². The van der Waals surface area contributed by atoms with Crippen LogP contribution >= 0.6 is 11.6 Å². The van der Waals surface area contributed by atoms with Gasteiger partial charge < -0.3 is 15.6 Å². The summed E-state index contributed by atoms with van der Waals surface area (Å²) in [5.74, 6) is 0.0593. The lowest BCUT2D eigenvalue weighted by molar-refractivity contribution is -0.128. The molecule has 4 rings (SSSR count). The van der Waals surface area contributed by atoms with Gasteiger partial charge in [-0.05, 0) is 42.7 Å². The Morgan fingerprint density at radius 1 is 1.41 bits per heavy atom. The van der Waals surface area contributed by atoms with Crippen LogP contribution in [0.3, 0.4) is 0 Å². The quantitative estimate of drug-likeness (QED) is 0.224. The molecule has 7 heteroatoms.